The first-order valence-corrected chi connectivity index (χ1v) is 6.21. The van der Waals surface area contributed by atoms with Crippen LogP contribution in [0.2, 0.25) is 0 Å². The van der Waals surface area contributed by atoms with Crippen LogP contribution in [0.1, 0.15) is 34.5 Å². The highest BCUT2D eigenvalue weighted by molar-refractivity contribution is 5.93. The van der Waals surface area contributed by atoms with Crippen LogP contribution >= 0.6 is 0 Å². The van der Waals surface area contributed by atoms with Crippen LogP contribution in [0.25, 0.3) is 0 Å². The normalized spacial score (nSPS) is 14.1. The summed E-state index contributed by atoms with van der Waals surface area (Å²) in [5.74, 6) is -0.476. The summed E-state index contributed by atoms with van der Waals surface area (Å²) in [4.78, 5) is 15.7. The van der Waals surface area contributed by atoms with Crippen molar-refractivity contribution in [1.82, 2.24) is 4.98 Å². The van der Waals surface area contributed by atoms with Crippen LogP contribution in [-0.2, 0) is 17.6 Å². The molecule has 0 saturated heterocycles. The van der Waals surface area contributed by atoms with Gasteiger partial charge in [-0.25, -0.2) is 9.78 Å². The summed E-state index contributed by atoms with van der Waals surface area (Å²) >= 11 is 0. The summed E-state index contributed by atoms with van der Waals surface area (Å²) in [7, 11) is 1.61. The molecule has 2 N–H and O–H groups in total. The van der Waals surface area contributed by atoms with Gasteiger partial charge in [-0.15, -0.1) is 0 Å². The Kier molecular flexibility index (Phi) is 4.15. The van der Waals surface area contributed by atoms with E-state index in [-0.39, 0.29) is 5.56 Å². The van der Waals surface area contributed by atoms with E-state index in [1.807, 2.05) is 0 Å². The van der Waals surface area contributed by atoms with Crippen molar-refractivity contribution >= 4 is 11.8 Å². The molecular formula is C13H18N2O3. The van der Waals surface area contributed by atoms with E-state index < -0.39 is 5.97 Å². The number of hydrogen-bond acceptors (Lipinski definition) is 4. The van der Waals surface area contributed by atoms with Gasteiger partial charge in [0, 0.05) is 19.3 Å². The second-order valence-corrected chi connectivity index (χ2v) is 4.42. The Bertz CT molecular complexity index is 446. The van der Waals surface area contributed by atoms with Gasteiger partial charge in [-0.3, -0.25) is 0 Å². The van der Waals surface area contributed by atoms with E-state index in [9.17, 15) is 9.90 Å². The molecule has 0 unspecified atom stereocenters. The second-order valence-electron chi connectivity index (χ2n) is 4.42. The van der Waals surface area contributed by atoms with Crippen LogP contribution in [0.3, 0.4) is 0 Å². The Morgan fingerprint density at radius 2 is 2.28 bits per heavy atom. The van der Waals surface area contributed by atoms with Gasteiger partial charge in [0.05, 0.1) is 6.61 Å². The third-order valence-electron chi connectivity index (χ3n) is 3.13. The van der Waals surface area contributed by atoms with Gasteiger partial charge in [0.25, 0.3) is 0 Å². The van der Waals surface area contributed by atoms with Crippen LogP contribution in [-0.4, -0.2) is 36.3 Å². The smallest absolute Gasteiger partial charge is 0.339 e. The second kappa shape index (κ2) is 5.82. The van der Waals surface area contributed by atoms with Crippen molar-refractivity contribution in [2.24, 2.45) is 0 Å². The van der Waals surface area contributed by atoms with Crippen LogP contribution < -0.4 is 5.32 Å². The summed E-state index contributed by atoms with van der Waals surface area (Å²) < 4.78 is 4.94. The maximum atomic E-state index is 11.2. The van der Waals surface area contributed by atoms with E-state index in [4.69, 9.17) is 4.74 Å². The van der Waals surface area contributed by atoms with Crippen LogP contribution in [0.5, 0.6) is 0 Å². The minimum absolute atomic E-state index is 0.256. The van der Waals surface area contributed by atoms with Gasteiger partial charge < -0.3 is 15.2 Å². The number of nitrogens with one attached hydrogen (secondary N) is 1. The molecule has 1 heterocycles. The van der Waals surface area contributed by atoms with Gasteiger partial charge in [-0.1, -0.05) is 0 Å². The summed E-state index contributed by atoms with van der Waals surface area (Å²) in [6, 6.07) is 1.76. The molecule has 0 atom stereocenters. The number of ether oxygens (including phenoxy) is 1. The zero-order chi connectivity index (χ0) is 13.0. The molecule has 1 aliphatic rings. The van der Waals surface area contributed by atoms with Gasteiger partial charge >= 0.3 is 5.97 Å². The molecule has 1 aromatic rings. The monoisotopic (exact) mass is 250 g/mol. The van der Waals surface area contributed by atoms with E-state index in [0.29, 0.717) is 19.0 Å². The topological polar surface area (TPSA) is 71.5 Å². The first-order valence-electron chi connectivity index (χ1n) is 6.21. The molecule has 0 fully saturated rings. The number of anilines is 1. The Hall–Kier alpha value is -1.62. The number of hydrogen-bond donors (Lipinski definition) is 2. The van der Waals surface area contributed by atoms with Crippen molar-refractivity contribution in [2.45, 2.75) is 25.7 Å². The molecule has 1 aliphatic carbocycles. The molecule has 0 radical (unpaired) electrons. The number of aryl methyl sites for hydroxylation is 2. The maximum absolute atomic E-state index is 11.2. The van der Waals surface area contributed by atoms with Crippen LogP contribution in [0.15, 0.2) is 6.07 Å². The van der Waals surface area contributed by atoms with Crippen LogP contribution in [0.4, 0.5) is 5.82 Å². The lowest BCUT2D eigenvalue weighted by Crippen LogP contribution is -2.16. The van der Waals surface area contributed by atoms with E-state index >= 15 is 0 Å². The zero-order valence-corrected chi connectivity index (χ0v) is 10.5. The summed E-state index contributed by atoms with van der Waals surface area (Å²) in [6.45, 7) is 1.08. The Morgan fingerprint density at radius 3 is 3.00 bits per heavy atom. The lowest BCUT2D eigenvalue weighted by molar-refractivity contribution is 0.0697. The average Bonchev–Trinajstić information content (AvgIpc) is 2.38. The molecule has 5 nitrogen and oxygen atoms in total. The van der Waals surface area contributed by atoms with Gasteiger partial charge in [0.15, 0.2) is 0 Å². The molecule has 0 amide bonds. The predicted molar refractivity (Wildman–Crippen MR) is 68.2 cm³/mol. The summed E-state index contributed by atoms with van der Waals surface area (Å²) in [6.07, 6.45) is 4.11. The SMILES string of the molecule is COCCNc1nc2c(cc1C(=O)O)CCCC2. The number of aromatic carboxylic acids is 1. The van der Waals surface area contributed by atoms with Crippen molar-refractivity contribution in [3.63, 3.8) is 0 Å². The van der Waals surface area contributed by atoms with E-state index in [1.54, 1.807) is 13.2 Å². The number of rotatable bonds is 5. The molecular weight excluding hydrogens is 232 g/mol. The first kappa shape index (κ1) is 12.8. The molecule has 0 aromatic carbocycles. The lowest BCUT2D eigenvalue weighted by atomic mass is 9.95. The van der Waals surface area contributed by atoms with Gasteiger partial charge in [0.1, 0.15) is 11.4 Å². The number of carboxylic acids is 1. The largest absolute Gasteiger partial charge is 0.478 e. The van der Waals surface area contributed by atoms with E-state index in [0.717, 1.165) is 36.9 Å². The molecule has 18 heavy (non-hydrogen) atoms. The predicted octanol–water partition coefficient (Wildman–Crippen LogP) is 1.72. The van der Waals surface area contributed by atoms with Crippen molar-refractivity contribution in [3.05, 3.63) is 22.9 Å². The third-order valence-corrected chi connectivity index (χ3v) is 3.13. The molecule has 98 valence electrons. The van der Waals surface area contributed by atoms with Gasteiger partial charge in [-0.05, 0) is 37.3 Å². The molecule has 0 spiro atoms. The van der Waals surface area contributed by atoms with Gasteiger partial charge in [-0.2, -0.15) is 0 Å². The fourth-order valence-corrected chi connectivity index (χ4v) is 2.20. The lowest BCUT2D eigenvalue weighted by Gasteiger charge is -2.18. The van der Waals surface area contributed by atoms with Crippen molar-refractivity contribution in [3.8, 4) is 0 Å². The number of methoxy groups -OCH3 is 1. The van der Waals surface area contributed by atoms with E-state index in [1.165, 1.54) is 0 Å². The Labute approximate surface area is 106 Å². The molecule has 1 aromatic heterocycles. The minimum Gasteiger partial charge on any atom is -0.478 e. The number of fused-ring (bicyclic) bond motifs is 1. The Balaban J connectivity index is 2.27. The number of nitrogens with zero attached hydrogens (tertiary/aromatic N) is 1. The standard InChI is InChI=1S/C13H18N2O3/c1-18-7-6-14-12-10(13(16)17)8-9-4-2-3-5-11(9)15-12/h8H,2-7H2,1H3,(H,14,15)(H,16,17). The molecule has 0 bridgehead atoms. The molecule has 0 aliphatic heterocycles. The fraction of sp³-hybridized carbons (Fsp3) is 0.538. The van der Waals surface area contributed by atoms with Crippen molar-refractivity contribution in [2.75, 3.05) is 25.6 Å². The molecule has 5 heteroatoms. The van der Waals surface area contributed by atoms with Gasteiger partial charge in [0.2, 0.25) is 0 Å². The number of aromatic nitrogens is 1. The number of carboxylic acid groups (broad SMARTS) is 1. The highest BCUT2D eigenvalue weighted by Gasteiger charge is 2.18. The Morgan fingerprint density at radius 1 is 1.50 bits per heavy atom. The fourth-order valence-electron chi connectivity index (χ4n) is 2.20. The summed E-state index contributed by atoms with van der Waals surface area (Å²) in [5.41, 5.74) is 2.37. The average molecular weight is 250 g/mol. The van der Waals surface area contributed by atoms with E-state index in [2.05, 4.69) is 10.3 Å². The molecule has 2 rings (SSSR count). The molecule has 0 saturated carbocycles. The third kappa shape index (κ3) is 2.79. The first-order chi connectivity index (χ1) is 8.72. The highest BCUT2D eigenvalue weighted by atomic mass is 16.5. The highest BCUT2D eigenvalue weighted by Crippen LogP contribution is 2.24. The number of carbonyl (C=O) groups is 1. The van der Waals surface area contributed by atoms with Crippen molar-refractivity contribution in [1.29, 1.82) is 0 Å². The maximum Gasteiger partial charge on any atom is 0.339 e. The zero-order valence-electron chi connectivity index (χ0n) is 10.5. The minimum atomic E-state index is -0.934. The number of pyridine rings is 1. The van der Waals surface area contributed by atoms with Crippen molar-refractivity contribution < 1.29 is 14.6 Å². The quantitative estimate of drug-likeness (QED) is 0.778. The summed E-state index contributed by atoms with van der Waals surface area (Å²) in [5, 5.41) is 12.2. The van der Waals surface area contributed by atoms with Crippen LogP contribution in [0, 0.1) is 0 Å².